The molecule has 0 bridgehead atoms. The van der Waals surface area contributed by atoms with E-state index in [1.165, 1.54) is 20.5 Å². The summed E-state index contributed by atoms with van der Waals surface area (Å²) in [6, 6.07) is 0.196. The van der Waals surface area contributed by atoms with E-state index >= 15 is 0 Å². The van der Waals surface area contributed by atoms with Crippen LogP contribution in [0.1, 0.15) is 12.6 Å². The van der Waals surface area contributed by atoms with Gasteiger partial charge in [-0.1, -0.05) is 0 Å². The van der Waals surface area contributed by atoms with E-state index in [2.05, 4.69) is 9.97 Å². The number of hydrogen-bond donors (Lipinski definition) is 1. The first-order valence-electron chi connectivity index (χ1n) is 4.76. The molecule has 0 aliphatic heterocycles. The summed E-state index contributed by atoms with van der Waals surface area (Å²) in [7, 11) is 2.95. The van der Waals surface area contributed by atoms with Crippen LogP contribution >= 0.6 is 0 Å². The van der Waals surface area contributed by atoms with Crippen molar-refractivity contribution in [3.8, 4) is 11.9 Å². The Hall–Kier alpha value is -1.98. The van der Waals surface area contributed by atoms with Crippen LogP contribution in [0.15, 0.2) is 6.26 Å². The fraction of sp³-hybridized carbons (Fsp3) is 0.400. The number of nitrogens with two attached hydrogens (primary N) is 1. The maximum absolute atomic E-state index is 5.79. The van der Waals surface area contributed by atoms with Crippen LogP contribution in [0.5, 0.6) is 11.9 Å². The van der Waals surface area contributed by atoms with Gasteiger partial charge in [-0.25, -0.2) is 0 Å². The number of nitrogen functional groups attached to an aromatic ring is 1. The molecular formula is C10H15N3O3. The normalized spacial score (nSPS) is 10.4. The van der Waals surface area contributed by atoms with Crippen molar-refractivity contribution in [2.75, 3.05) is 26.6 Å². The Morgan fingerprint density at radius 1 is 1.25 bits per heavy atom. The summed E-state index contributed by atoms with van der Waals surface area (Å²) in [4.78, 5) is 8.01. The van der Waals surface area contributed by atoms with Crippen molar-refractivity contribution in [1.82, 2.24) is 9.97 Å². The third-order valence-electron chi connectivity index (χ3n) is 1.78. The van der Waals surface area contributed by atoms with Gasteiger partial charge in [0.1, 0.15) is 11.4 Å². The predicted octanol–water partition coefficient (Wildman–Crippen LogP) is 1.08. The van der Waals surface area contributed by atoms with Crippen molar-refractivity contribution in [3.63, 3.8) is 0 Å². The summed E-state index contributed by atoms with van der Waals surface area (Å²) in [6.45, 7) is 2.46. The van der Waals surface area contributed by atoms with E-state index in [-0.39, 0.29) is 11.9 Å². The van der Waals surface area contributed by atoms with E-state index in [4.69, 9.17) is 19.9 Å². The number of aromatic nitrogens is 2. The van der Waals surface area contributed by atoms with Crippen LogP contribution in [0.25, 0.3) is 6.08 Å². The van der Waals surface area contributed by atoms with Crippen LogP contribution in [-0.4, -0.2) is 30.8 Å². The molecule has 2 N–H and O–H groups in total. The zero-order valence-corrected chi connectivity index (χ0v) is 9.56. The van der Waals surface area contributed by atoms with Crippen LogP contribution in [0, 0.1) is 0 Å². The average molecular weight is 225 g/mol. The van der Waals surface area contributed by atoms with Crippen LogP contribution in [0.3, 0.4) is 0 Å². The van der Waals surface area contributed by atoms with Gasteiger partial charge in [0.25, 0.3) is 0 Å². The van der Waals surface area contributed by atoms with Gasteiger partial charge in [0.05, 0.1) is 27.1 Å². The SMILES string of the molecule is CCO/C=C/c1nc(OC)nc(OC)c1N. The number of methoxy groups -OCH3 is 2. The van der Waals surface area contributed by atoms with Gasteiger partial charge in [-0.2, -0.15) is 9.97 Å². The summed E-state index contributed by atoms with van der Waals surface area (Å²) in [5.74, 6) is 0.281. The van der Waals surface area contributed by atoms with Crippen molar-refractivity contribution in [2.24, 2.45) is 0 Å². The van der Waals surface area contributed by atoms with Crippen molar-refractivity contribution in [3.05, 3.63) is 12.0 Å². The maximum Gasteiger partial charge on any atom is 0.320 e. The highest BCUT2D eigenvalue weighted by atomic mass is 16.5. The van der Waals surface area contributed by atoms with Gasteiger partial charge in [0.2, 0.25) is 5.88 Å². The minimum Gasteiger partial charge on any atom is -0.501 e. The topological polar surface area (TPSA) is 79.5 Å². The molecule has 1 rings (SSSR count). The van der Waals surface area contributed by atoms with Crippen molar-refractivity contribution in [2.45, 2.75) is 6.92 Å². The molecule has 1 aromatic heterocycles. The monoisotopic (exact) mass is 225 g/mol. The molecule has 1 aromatic rings. The lowest BCUT2D eigenvalue weighted by Crippen LogP contribution is -2.03. The molecular weight excluding hydrogens is 210 g/mol. The zero-order chi connectivity index (χ0) is 12.0. The molecule has 0 aliphatic carbocycles. The number of rotatable bonds is 5. The molecule has 0 saturated carbocycles. The average Bonchev–Trinajstić information content (AvgIpc) is 2.31. The van der Waals surface area contributed by atoms with E-state index < -0.39 is 0 Å². The molecule has 6 heteroatoms. The quantitative estimate of drug-likeness (QED) is 0.755. The third kappa shape index (κ3) is 2.75. The second kappa shape index (κ2) is 5.79. The molecule has 88 valence electrons. The first kappa shape index (κ1) is 12.1. The smallest absolute Gasteiger partial charge is 0.320 e. The summed E-state index contributed by atoms with van der Waals surface area (Å²) >= 11 is 0. The number of hydrogen-bond acceptors (Lipinski definition) is 6. The van der Waals surface area contributed by atoms with Gasteiger partial charge in [-0.05, 0) is 6.92 Å². The van der Waals surface area contributed by atoms with E-state index in [0.29, 0.717) is 18.0 Å². The molecule has 0 unspecified atom stereocenters. The molecule has 0 aromatic carbocycles. The molecule has 0 fully saturated rings. The number of nitrogens with zero attached hydrogens (tertiary/aromatic N) is 2. The lowest BCUT2D eigenvalue weighted by molar-refractivity contribution is 0.272. The Bertz CT molecular complexity index is 380. The second-order valence-corrected chi connectivity index (χ2v) is 2.78. The molecule has 6 nitrogen and oxygen atoms in total. The molecule has 0 radical (unpaired) electrons. The molecule has 0 amide bonds. The van der Waals surface area contributed by atoms with Gasteiger partial charge in [-0.15, -0.1) is 0 Å². The fourth-order valence-electron chi connectivity index (χ4n) is 1.03. The van der Waals surface area contributed by atoms with Gasteiger partial charge < -0.3 is 19.9 Å². The Morgan fingerprint density at radius 3 is 2.56 bits per heavy atom. The standard InChI is InChI=1S/C10H15N3O3/c1-4-16-6-5-7-8(11)9(14-2)13-10(12-7)15-3/h5-6H,4,11H2,1-3H3/b6-5+. The van der Waals surface area contributed by atoms with Crippen LogP contribution in [0.4, 0.5) is 5.69 Å². The Kier molecular flexibility index (Phi) is 4.38. The van der Waals surface area contributed by atoms with E-state index in [0.717, 1.165) is 0 Å². The first-order valence-corrected chi connectivity index (χ1v) is 4.76. The lowest BCUT2D eigenvalue weighted by atomic mass is 10.3. The molecule has 0 saturated heterocycles. The third-order valence-corrected chi connectivity index (χ3v) is 1.78. The van der Waals surface area contributed by atoms with Crippen molar-refractivity contribution >= 4 is 11.8 Å². The van der Waals surface area contributed by atoms with E-state index in [9.17, 15) is 0 Å². The largest absolute Gasteiger partial charge is 0.501 e. The molecule has 0 aliphatic rings. The zero-order valence-electron chi connectivity index (χ0n) is 9.56. The van der Waals surface area contributed by atoms with Gasteiger partial charge in [0.15, 0.2) is 0 Å². The maximum atomic E-state index is 5.79. The fourth-order valence-corrected chi connectivity index (χ4v) is 1.03. The second-order valence-electron chi connectivity index (χ2n) is 2.78. The minimum absolute atomic E-state index is 0.196. The van der Waals surface area contributed by atoms with E-state index in [1.54, 1.807) is 6.08 Å². The van der Waals surface area contributed by atoms with Crippen LogP contribution < -0.4 is 15.2 Å². The summed E-state index contributed by atoms with van der Waals surface area (Å²) in [5, 5.41) is 0. The minimum atomic E-state index is 0.196. The predicted molar refractivity (Wildman–Crippen MR) is 60.2 cm³/mol. The highest BCUT2D eigenvalue weighted by Crippen LogP contribution is 2.24. The highest BCUT2D eigenvalue weighted by Gasteiger charge is 2.10. The Balaban J connectivity index is 3.05. The van der Waals surface area contributed by atoms with Gasteiger partial charge in [0, 0.05) is 6.08 Å². The molecule has 0 spiro atoms. The summed E-state index contributed by atoms with van der Waals surface area (Å²) in [5.41, 5.74) is 6.63. The highest BCUT2D eigenvalue weighted by molar-refractivity contribution is 5.65. The Labute approximate surface area is 94.1 Å². The number of anilines is 1. The Morgan fingerprint density at radius 2 is 2.00 bits per heavy atom. The lowest BCUT2D eigenvalue weighted by Gasteiger charge is -2.07. The van der Waals surface area contributed by atoms with Crippen LogP contribution in [-0.2, 0) is 4.74 Å². The van der Waals surface area contributed by atoms with E-state index in [1.807, 2.05) is 6.92 Å². The van der Waals surface area contributed by atoms with Crippen LogP contribution in [0.2, 0.25) is 0 Å². The number of ether oxygens (including phenoxy) is 3. The van der Waals surface area contributed by atoms with Crippen molar-refractivity contribution in [1.29, 1.82) is 0 Å². The molecule has 16 heavy (non-hydrogen) atoms. The van der Waals surface area contributed by atoms with Crippen molar-refractivity contribution < 1.29 is 14.2 Å². The first-order chi connectivity index (χ1) is 7.72. The molecule has 0 atom stereocenters. The summed E-state index contributed by atoms with van der Waals surface area (Å²) in [6.07, 6.45) is 3.14. The van der Waals surface area contributed by atoms with Gasteiger partial charge >= 0.3 is 6.01 Å². The molecule has 1 heterocycles. The van der Waals surface area contributed by atoms with Gasteiger partial charge in [-0.3, -0.25) is 0 Å². The summed E-state index contributed by atoms with van der Waals surface area (Å²) < 4.78 is 15.0.